The second-order valence-corrected chi connectivity index (χ2v) is 30.3. The molecule has 19 heteroatoms. The average Bonchev–Trinajstić information content (AvgIpc) is 1.75. The summed E-state index contributed by atoms with van der Waals surface area (Å²) in [5.74, 6) is -2.12. The smallest absolute Gasteiger partial charge is 0.462 e. The van der Waals surface area contributed by atoms with Crippen molar-refractivity contribution in [1.29, 1.82) is 0 Å². The van der Waals surface area contributed by atoms with Gasteiger partial charge in [-0.2, -0.15) is 0 Å². The van der Waals surface area contributed by atoms with Gasteiger partial charge < -0.3 is 33.8 Å². The van der Waals surface area contributed by atoms with Gasteiger partial charge in [-0.05, 0) is 25.7 Å². The molecule has 0 heterocycles. The Morgan fingerprint density at radius 2 is 0.421 bits per heavy atom. The Morgan fingerprint density at radius 1 is 0.253 bits per heavy atom. The molecule has 0 aliphatic rings. The second-order valence-electron chi connectivity index (χ2n) is 27.4. The lowest BCUT2D eigenvalue weighted by molar-refractivity contribution is -0.161. The molecule has 5 atom stereocenters. The van der Waals surface area contributed by atoms with Gasteiger partial charge >= 0.3 is 39.5 Å². The molecule has 0 fully saturated rings. The molecular weight excluding hydrogens is 1250 g/mol. The molecule has 3 N–H and O–H groups in total. The molecule has 0 aromatic heterocycles. The van der Waals surface area contributed by atoms with Crippen molar-refractivity contribution in [3.8, 4) is 0 Å². The molecule has 0 aromatic rings. The number of ether oxygens (including phenoxy) is 4. The summed E-state index contributed by atoms with van der Waals surface area (Å²) in [5.41, 5.74) is 0. The molecule has 0 bridgehead atoms. The Bertz CT molecular complexity index is 1810. The highest BCUT2D eigenvalue weighted by molar-refractivity contribution is 7.47. The highest BCUT2D eigenvalue weighted by atomic mass is 31.2. The van der Waals surface area contributed by atoms with Gasteiger partial charge in [-0.3, -0.25) is 37.3 Å². The third-order valence-corrected chi connectivity index (χ3v) is 19.8. The number of phosphoric ester groups is 2. The molecule has 95 heavy (non-hydrogen) atoms. The van der Waals surface area contributed by atoms with Gasteiger partial charge in [0.2, 0.25) is 0 Å². The standard InChI is InChI=1S/C76H148O17P2/c1-5-9-13-17-20-23-26-29-32-35-36-39-42-45-48-51-55-59-63-76(81)93-72(67-87-74(79)61-57-53-49-46-43-40-37-33-30-27-24-21-18-14-10-6-2)69-91-95(84,85)89-65-70(77)64-88-94(82,83)90-68-71(66-86-73(78)60-56-52-16-12-8-4)92-75(80)62-58-54-50-47-44-41-38-34-31-28-25-22-19-15-11-7-3/h70-72,77H,5-69H2,1-4H3,(H,82,83)(H,84,85)/t70-,71+,72+/m0/s1. The van der Waals surface area contributed by atoms with E-state index in [9.17, 15) is 43.2 Å². The van der Waals surface area contributed by atoms with E-state index in [4.69, 9.17) is 37.0 Å². The largest absolute Gasteiger partial charge is 0.472 e. The van der Waals surface area contributed by atoms with Crippen molar-refractivity contribution in [2.75, 3.05) is 39.6 Å². The van der Waals surface area contributed by atoms with Gasteiger partial charge in [0.25, 0.3) is 0 Å². The predicted octanol–water partition coefficient (Wildman–Crippen LogP) is 22.6. The number of phosphoric acid groups is 2. The maximum absolute atomic E-state index is 13.1. The van der Waals surface area contributed by atoms with Crippen molar-refractivity contribution in [2.45, 2.75) is 425 Å². The third kappa shape index (κ3) is 70.3. The molecule has 0 saturated carbocycles. The molecule has 0 aromatic carbocycles. The molecule has 17 nitrogen and oxygen atoms in total. The Morgan fingerprint density at radius 3 is 0.621 bits per heavy atom. The number of unbranched alkanes of at least 4 members (excludes halogenated alkanes) is 51. The molecule has 0 radical (unpaired) electrons. The number of esters is 4. The third-order valence-electron chi connectivity index (χ3n) is 17.9. The molecule has 0 saturated heterocycles. The first kappa shape index (κ1) is 93.1. The van der Waals surface area contributed by atoms with Crippen LogP contribution in [0.4, 0.5) is 0 Å². The van der Waals surface area contributed by atoms with E-state index < -0.39 is 97.5 Å². The summed E-state index contributed by atoms with van der Waals surface area (Å²) in [5, 5.41) is 10.6. The minimum absolute atomic E-state index is 0.108. The molecule has 0 spiro atoms. The van der Waals surface area contributed by atoms with Gasteiger partial charge in [-0.15, -0.1) is 0 Å². The van der Waals surface area contributed by atoms with Gasteiger partial charge in [0.05, 0.1) is 26.4 Å². The number of hydrogen-bond acceptors (Lipinski definition) is 15. The fourth-order valence-electron chi connectivity index (χ4n) is 11.8. The van der Waals surface area contributed by atoms with Crippen LogP contribution in [0.15, 0.2) is 0 Å². The van der Waals surface area contributed by atoms with Crippen LogP contribution in [0, 0.1) is 0 Å². The van der Waals surface area contributed by atoms with Crippen molar-refractivity contribution in [2.24, 2.45) is 0 Å². The Balaban J connectivity index is 5.13. The fraction of sp³-hybridized carbons (Fsp3) is 0.947. The SMILES string of the molecule is CCCCCCCCCCCCCCCCCCCCC(=O)O[C@H](COC(=O)CCCCCCCCCCCCCCCCCC)COP(=O)(O)OC[C@@H](O)COP(=O)(O)OC[C@@H](COC(=O)CCCCCCC)OC(=O)CCCCCCCCCCCCCCCCCC. The Hall–Kier alpha value is -1.94. The van der Waals surface area contributed by atoms with Crippen LogP contribution in [0.1, 0.15) is 407 Å². The molecule has 0 aliphatic heterocycles. The lowest BCUT2D eigenvalue weighted by Crippen LogP contribution is -2.30. The van der Waals surface area contributed by atoms with E-state index in [1.54, 1.807) is 0 Å². The second kappa shape index (κ2) is 70.5. The zero-order valence-electron chi connectivity index (χ0n) is 61.6. The van der Waals surface area contributed by atoms with E-state index in [0.29, 0.717) is 25.7 Å². The van der Waals surface area contributed by atoms with Crippen LogP contribution in [0.3, 0.4) is 0 Å². The van der Waals surface area contributed by atoms with Crippen LogP contribution in [-0.2, 0) is 65.4 Å². The summed E-state index contributed by atoms with van der Waals surface area (Å²) in [6.07, 6.45) is 61.4. The zero-order valence-corrected chi connectivity index (χ0v) is 63.4. The van der Waals surface area contributed by atoms with Crippen molar-refractivity contribution in [3.63, 3.8) is 0 Å². The topological polar surface area (TPSA) is 237 Å². The predicted molar refractivity (Wildman–Crippen MR) is 386 cm³/mol. The lowest BCUT2D eigenvalue weighted by Gasteiger charge is -2.21. The number of carbonyl (C=O) groups excluding carboxylic acids is 4. The van der Waals surface area contributed by atoms with Gasteiger partial charge in [-0.1, -0.05) is 355 Å². The Labute approximate surface area is 581 Å². The molecule has 0 aliphatic carbocycles. The maximum atomic E-state index is 13.1. The van der Waals surface area contributed by atoms with Crippen LogP contribution in [0.25, 0.3) is 0 Å². The van der Waals surface area contributed by atoms with Gasteiger partial charge in [0.1, 0.15) is 19.3 Å². The molecule has 0 rings (SSSR count). The summed E-state index contributed by atoms with van der Waals surface area (Å²) in [6, 6.07) is 0. The van der Waals surface area contributed by atoms with Crippen LogP contribution >= 0.6 is 15.6 Å². The van der Waals surface area contributed by atoms with Crippen molar-refractivity contribution in [1.82, 2.24) is 0 Å². The first-order valence-electron chi connectivity index (χ1n) is 39.8. The molecular formula is C76H148O17P2. The highest BCUT2D eigenvalue weighted by Crippen LogP contribution is 2.45. The van der Waals surface area contributed by atoms with E-state index >= 15 is 0 Å². The number of aliphatic hydroxyl groups is 1. The fourth-order valence-corrected chi connectivity index (χ4v) is 13.3. The monoisotopic (exact) mass is 1400 g/mol. The minimum Gasteiger partial charge on any atom is -0.462 e. The zero-order chi connectivity index (χ0) is 69.7. The van der Waals surface area contributed by atoms with Crippen molar-refractivity contribution in [3.05, 3.63) is 0 Å². The summed E-state index contributed by atoms with van der Waals surface area (Å²) in [4.78, 5) is 72.5. The van der Waals surface area contributed by atoms with Gasteiger partial charge in [-0.25, -0.2) is 9.13 Å². The van der Waals surface area contributed by atoms with E-state index in [-0.39, 0.29) is 25.7 Å². The summed E-state index contributed by atoms with van der Waals surface area (Å²) >= 11 is 0. The van der Waals surface area contributed by atoms with E-state index in [1.165, 1.54) is 231 Å². The lowest BCUT2D eigenvalue weighted by atomic mass is 10.0. The van der Waals surface area contributed by atoms with Crippen LogP contribution in [0.2, 0.25) is 0 Å². The number of hydrogen-bond donors (Lipinski definition) is 3. The maximum Gasteiger partial charge on any atom is 0.472 e. The van der Waals surface area contributed by atoms with Crippen molar-refractivity contribution >= 4 is 39.5 Å². The van der Waals surface area contributed by atoms with E-state index in [0.717, 1.165) is 96.3 Å². The summed E-state index contributed by atoms with van der Waals surface area (Å²) in [7, 11) is -9.90. The highest BCUT2D eigenvalue weighted by Gasteiger charge is 2.30. The molecule has 0 amide bonds. The normalized spacial score (nSPS) is 13.9. The van der Waals surface area contributed by atoms with E-state index in [1.807, 2.05) is 0 Å². The average molecular weight is 1400 g/mol. The van der Waals surface area contributed by atoms with Crippen LogP contribution < -0.4 is 0 Å². The quantitative estimate of drug-likeness (QED) is 0.0222. The molecule has 564 valence electrons. The van der Waals surface area contributed by atoms with Gasteiger partial charge in [0.15, 0.2) is 12.2 Å². The molecule has 2 unspecified atom stereocenters. The Kier molecular flexibility index (Phi) is 69.1. The van der Waals surface area contributed by atoms with Crippen LogP contribution in [0.5, 0.6) is 0 Å². The minimum atomic E-state index is -4.95. The first-order valence-corrected chi connectivity index (χ1v) is 42.8. The number of rotatable bonds is 77. The first-order chi connectivity index (χ1) is 46.2. The number of carbonyl (C=O) groups is 4. The van der Waals surface area contributed by atoms with E-state index in [2.05, 4.69) is 27.7 Å². The van der Waals surface area contributed by atoms with Crippen LogP contribution in [-0.4, -0.2) is 96.7 Å². The summed E-state index contributed by atoms with van der Waals surface area (Å²) in [6.45, 7) is 4.91. The van der Waals surface area contributed by atoms with Gasteiger partial charge in [0, 0.05) is 25.7 Å². The summed E-state index contributed by atoms with van der Waals surface area (Å²) < 4.78 is 68.3. The van der Waals surface area contributed by atoms with Crippen molar-refractivity contribution < 1.29 is 80.2 Å². The number of aliphatic hydroxyl groups excluding tert-OH is 1.